The van der Waals surface area contributed by atoms with Crippen LogP contribution in [0.15, 0.2) is 18.2 Å². The second-order valence-corrected chi connectivity index (χ2v) is 4.25. The largest absolute Gasteiger partial charge is 0.383 e. The second-order valence-electron chi connectivity index (χ2n) is 4.25. The molecule has 0 aliphatic heterocycles. The minimum atomic E-state index is -0.659. The Balaban J connectivity index is 2.80. The highest BCUT2D eigenvalue weighted by Crippen LogP contribution is 2.25. The molecule has 1 amide bonds. The number of hydrogen-bond donors (Lipinski definition) is 2. The molecule has 2 N–H and O–H groups in total. The van der Waals surface area contributed by atoms with Gasteiger partial charge in [0.2, 0.25) is 5.91 Å². The number of hydrogen-bond acceptors (Lipinski definition) is 6. The lowest BCUT2D eigenvalue weighted by molar-refractivity contribution is -0.384. The fraction of sp³-hybridized carbons (Fsp3) is 0.385. The molecule has 1 unspecified atom stereocenters. The zero-order valence-electron chi connectivity index (χ0n) is 11.8. The molecule has 1 atom stereocenters. The summed E-state index contributed by atoms with van der Waals surface area (Å²) >= 11 is 0. The number of anilines is 1. The van der Waals surface area contributed by atoms with Crippen molar-refractivity contribution in [3.8, 4) is 6.07 Å². The van der Waals surface area contributed by atoms with Crippen LogP contribution in [0.1, 0.15) is 12.5 Å². The third-order valence-corrected chi connectivity index (χ3v) is 2.69. The van der Waals surface area contributed by atoms with Gasteiger partial charge in [-0.2, -0.15) is 5.26 Å². The molecule has 0 heterocycles. The zero-order valence-corrected chi connectivity index (χ0v) is 11.8. The van der Waals surface area contributed by atoms with E-state index < -0.39 is 11.0 Å². The van der Waals surface area contributed by atoms with Gasteiger partial charge in [-0.3, -0.25) is 14.9 Å². The third kappa shape index (κ3) is 4.74. The van der Waals surface area contributed by atoms with Gasteiger partial charge in [0.1, 0.15) is 11.7 Å². The molecule has 1 aromatic rings. The molecule has 1 rings (SSSR count). The van der Waals surface area contributed by atoms with Crippen LogP contribution in [-0.4, -0.2) is 37.1 Å². The van der Waals surface area contributed by atoms with Gasteiger partial charge in [0.05, 0.1) is 23.2 Å². The minimum absolute atomic E-state index is 0.185. The molecule has 0 bridgehead atoms. The van der Waals surface area contributed by atoms with Crippen LogP contribution in [0.3, 0.4) is 0 Å². The number of benzene rings is 1. The number of ether oxygens (including phenoxy) is 1. The number of carbonyl (C=O) groups is 1. The van der Waals surface area contributed by atoms with Crippen LogP contribution >= 0.6 is 0 Å². The number of methoxy groups -OCH3 is 1. The molecule has 112 valence electrons. The Kier molecular flexibility index (Phi) is 6.10. The van der Waals surface area contributed by atoms with Crippen LogP contribution in [0.4, 0.5) is 11.4 Å². The third-order valence-electron chi connectivity index (χ3n) is 2.69. The van der Waals surface area contributed by atoms with Crippen molar-refractivity contribution in [2.24, 2.45) is 0 Å². The Hall–Kier alpha value is -2.66. The molecular weight excluding hydrogens is 276 g/mol. The Morgan fingerprint density at radius 3 is 2.86 bits per heavy atom. The van der Waals surface area contributed by atoms with Crippen molar-refractivity contribution < 1.29 is 14.5 Å². The zero-order chi connectivity index (χ0) is 15.8. The number of nitro groups is 1. The predicted molar refractivity (Wildman–Crippen MR) is 75.8 cm³/mol. The first-order chi connectivity index (χ1) is 9.99. The smallest absolute Gasteiger partial charge is 0.293 e. The van der Waals surface area contributed by atoms with Crippen molar-refractivity contribution in [2.45, 2.75) is 13.0 Å². The van der Waals surface area contributed by atoms with E-state index in [0.717, 1.165) is 6.07 Å². The molecule has 0 radical (unpaired) electrons. The Morgan fingerprint density at radius 2 is 2.29 bits per heavy atom. The number of nitrogens with one attached hydrogen (secondary N) is 2. The Morgan fingerprint density at radius 1 is 1.57 bits per heavy atom. The fourth-order valence-electron chi connectivity index (χ4n) is 1.60. The van der Waals surface area contributed by atoms with Gasteiger partial charge in [0.15, 0.2) is 0 Å². The first-order valence-electron chi connectivity index (χ1n) is 6.21. The Bertz CT molecular complexity index is 568. The van der Waals surface area contributed by atoms with Gasteiger partial charge < -0.3 is 15.4 Å². The second kappa shape index (κ2) is 7.81. The first kappa shape index (κ1) is 16.4. The normalized spacial score (nSPS) is 11.3. The van der Waals surface area contributed by atoms with Crippen molar-refractivity contribution in [3.63, 3.8) is 0 Å². The molecule has 8 heteroatoms. The minimum Gasteiger partial charge on any atom is -0.383 e. The molecule has 0 saturated carbocycles. The van der Waals surface area contributed by atoms with Crippen LogP contribution < -0.4 is 10.6 Å². The van der Waals surface area contributed by atoms with Crippen molar-refractivity contribution in [2.75, 3.05) is 25.6 Å². The van der Waals surface area contributed by atoms with Gasteiger partial charge in [-0.25, -0.2) is 0 Å². The summed E-state index contributed by atoms with van der Waals surface area (Å²) in [7, 11) is 1.52. The molecule has 21 heavy (non-hydrogen) atoms. The molecular formula is C13H16N4O4. The highest BCUT2D eigenvalue weighted by Gasteiger charge is 2.19. The van der Waals surface area contributed by atoms with E-state index in [0.29, 0.717) is 13.2 Å². The molecule has 0 aromatic heterocycles. The van der Waals surface area contributed by atoms with Gasteiger partial charge in [0.25, 0.3) is 5.69 Å². The highest BCUT2D eigenvalue weighted by molar-refractivity contribution is 5.85. The standard InChI is InChI=1S/C13H16N4O4/c1-9(13(18)15-5-6-21-2)16-11-4-3-10(8-14)7-12(11)17(19)20/h3-4,7,9,16H,5-6H2,1-2H3,(H,15,18). The Labute approximate surface area is 121 Å². The van der Waals surface area contributed by atoms with Gasteiger partial charge in [-0.1, -0.05) is 0 Å². The van der Waals surface area contributed by atoms with Gasteiger partial charge in [-0.05, 0) is 19.1 Å². The summed E-state index contributed by atoms with van der Waals surface area (Å²) in [5.41, 5.74) is 0.128. The topological polar surface area (TPSA) is 117 Å². The molecule has 0 spiro atoms. The van der Waals surface area contributed by atoms with E-state index in [1.165, 1.54) is 19.2 Å². The maximum Gasteiger partial charge on any atom is 0.293 e. The lowest BCUT2D eigenvalue weighted by Gasteiger charge is -2.15. The number of nitriles is 1. The quantitative estimate of drug-likeness (QED) is 0.440. The first-order valence-corrected chi connectivity index (χ1v) is 6.21. The number of nitrogens with zero attached hydrogens (tertiary/aromatic N) is 2. The summed E-state index contributed by atoms with van der Waals surface area (Å²) in [6, 6.07) is 5.20. The van der Waals surface area contributed by atoms with E-state index in [1.807, 2.05) is 6.07 Å². The van der Waals surface area contributed by atoms with E-state index in [-0.39, 0.29) is 22.8 Å². The molecule has 1 aromatic carbocycles. The molecule has 0 aliphatic rings. The van der Waals surface area contributed by atoms with Crippen LogP contribution in [0, 0.1) is 21.4 Å². The summed E-state index contributed by atoms with van der Waals surface area (Å²) in [6.45, 7) is 2.33. The van der Waals surface area contributed by atoms with Crippen LogP contribution in [0.5, 0.6) is 0 Å². The van der Waals surface area contributed by atoms with E-state index in [9.17, 15) is 14.9 Å². The maximum atomic E-state index is 11.8. The summed E-state index contributed by atoms with van der Waals surface area (Å²) in [4.78, 5) is 22.2. The monoisotopic (exact) mass is 292 g/mol. The molecule has 0 fully saturated rings. The van der Waals surface area contributed by atoms with Crippen molar-refractivity contribution in [1.82, 2.24) is 5.32 Å². The van der Waals surface area contributed by atoms with Gasteiger partial charge >= 0.3 is 0 Å². The van der Waals surface area contributed by atoms with Crippen LogP contribution in [-0.2, 0) is 9.53 Å². The molecule has 0 aliphatic carbocycles. The SMILES string of the molecule is COCCNC(=O)C(C)Nc1ccc(C#N)cc1[N+](=O)[O-]. The average molecular weight is 292 g/mol. The average Bonchev–Trinajstić information content (AvgIpc) is 2.47. The van der Waals surface area contributed by atoms with Crippen molar-refractivity contribution in [1.29, 1.82) is 5.26 Å². The van der Waals surface area contributed by atoms with E-state index in [1.54, 1.807) is 6.92 Å². The van der Waals surface area contributed by atoms with Crippen LogP contribution in [0.2, 0.25) is 0 Å². The summed E-state index contributed by atoms with van der Waals surface area (Å²) in [6.07, 6.45) is 0. The number of nitro benzene ring substituents is 1. The van der Waals surface area contributed by atoms with E-state index in [4.69, 9.17) is 10.00 Å². The number of carbonyl (C=O) groups excluding carboxylic acids is 1. The maximum absolute atomic E-state index is 11.8. The summed E-state index contributed by atoms with van der Waals surface area (Å²) in [5, 5.41) is 25.1. The van der Waals surface area contributed by atoms with E-state index >= 15 is 0 Å². The van der Waals surface area contributed by atoms with E-state index in [2.05, 4.69) is 10.6 Å². The molecule has 0 saturated heterocycles. The lowest BCUT2D eigenvalue weighted by atomic mass is 10.1. The lowest BCUT2D eigenvalue weighted by Crippen LogP contribution is -2.39. The van der Waals surface area contributed by atoms with Crippen LogP contribution in [0.25, 0.3) is 0 Å². The van der Waals surface area contributed by atoms with Crippen molar-refractivity contribution >= 4 is 17.3 Å². The summed E-state index contributed by atoms with van der Waals surface area (Å²) < 4.78 is 4.81. The highest BCUT2D eigenvalue weighted by atomic mass is 16.6. The molecule has 8 nitrogen and oxygen atoms in total. The van der Waals surface area contributed by atoms with Crippen molar-refractivity contribution in [3.05, 3.63) is 33.9 Å². The predicted octanol–water partition coefficient (Wildman–Crippen LogP) is 1.03. The van der Waals surface area contributed by atoms with Gasteiger partial charge in [0, 0.05) is 19.7 Å². The summed E-state index contributed by atoms with van der Waals surface area (Å²) in [5.74, 6) is -0.300. The fourth-order valence-corrected chi connectivity index (χ4v) is 1.60. The van der Waals surface area contributed by atoms with Gasteiger partial charge in [-0.15, -0.1) is 0 Å². The number of rotatable bonds is 7. The number of amides is 1.